The van der Waals surface area contributed by atoms with E-state index in [-0.39, 0.29) is 17.8 Å². The Hall–Kier alpha value is -2.90. The van der Waals surface area contributed by atoms with Crippen molar-refractivity contribution in [2.24, 2.45) is 0 Å². The number of benzene rings is 1. The summed E-state index contributed by atoms with van der Waals surface area (Å²) >= 11 is 0. The molecule has 0 aliphatic rings. The molecule has 0 aliphatic carbocycles. The van der Waals surface area contributed by atoms with Gasteiger partial charge < -0.3 is 10.1 Å². The zero-order valence-electron chi connectivity index (χ0n) is 11.6. The molecule has 0 saturated heterocycles. The van der Waals surface area contributed by atoms with E-state index in [0.717, 1.165) is 0 Å². The minimum Gasteiger partial charge on any atom is -0.480 e. The molecule has 0 aliphatic heterocycles. The first-order chi connectivity index (χ1) is 10.0. The van der Waals surface area contributed by atoms with E-state index in [0.29, 0.717) is 17.1 Å². The lowest BCUT2D eigenvalue weighted by Gasteiger charge is -2.10. The highest BCUT2D eigenvalue weighted by Crippen LogP contribution is 2.22. The maximum Gasteiger partial charge on any atom is 0.269 e. The largest absolute Gasteiger partial charge is 0.480 e. The number of non-ortho nitro benzene ring substituents is 1. The van der Waals surface area contributed by atoms with Gasteiger partial charge in [0.1, 0.15) is 0 Å². The molecule has 0 radical (unpaired) electrons. The average Bonchev–Trinajstić information content (AvgIpc) is 2.49. The van der Waals surface area contributed by atoms with Gasteiger partial charge in [-0.3, -0.25) is 14.9 Å². The second-order valence-electron chi connectivity index (χ2n) is 4.22. The molecule has 0 unspecified atom stereocenters. The molecule has 0 amide bonds. The van der Waals surface area contributed by atoms with Gasteiger partial charge in [-0.2, -0.15) is 0 Å². The van der Waals surface area contributed by atoms with E-state index in [1.165, 1.54) is 36.1 Å². The first kappa shape index (κ1) is 14.5. The molecule has 1 aromatic carbocycles. The van der Waals surface area contributed by atoms with Crippen molar-refractivity contribution in [1.82, 2.24) is 9.78 Å². The van der Waals surface area contributed by atoms with Gasteiger partial charge in [0.15, 0.2) is 0 Å². The number of ether oxygens (including phenoxy) is 1. The molecular weight excluding hydrogens is 276 g/mol. The molecule has 0 spiro atoms. The van der Waals surface area contributed by atoms with Crippen LogP contribution >= 0.6 is 0 Å². The number of aromatic nitrogens is 2. The van der Waals surface area contributed by atoms with Crippen LogP contribution in [0.15, 0.2) is 35.1 Å². The minimum atomic E-state index is -0.481. The van der Waals surface area contributed by atoms with E-state index in [4.69, 9.17) is 4.74 Å². The number of hydrogen-bond donors (Lipinski definition) is 1. The van der Waals surface area contributed by atoms with E-state index >= 15 is 0 Å². The van der Waals surface area contributed by atoms with Crippen LogP contribution < -0.4 is 15.6 Å². The van der Waals surface area contributed by atoms with E-state index in [1.54, 1.807) is 13.1 Å². The molecule has 2 aromatic rings. The summed E-state index contributed by atoms with van der Waals surface area (Å²) in [6, 6.07) is 7.21. The summed E-state index contributed by atoms with van der Waals surface area (Å²) in [6.45, 7) is 0.105. The maximum atomic E-state index is 11.8. The Morgan fingerprint density at radius 1 is 1.38 bits per heavy atom. The van der Waals surface area contributed by atoms with Gasteiger partial charge in [0.05, 0.1) is 18.6 Å². The van der Waals surface area contributed by atoms with Crippen LogP contribution in [-0.4, -0.2) is 28.9 Å². The maximum absolute atomic E-state index is 11.8. The molecule has 1 heterocycles. The second-order valence-corrected chi connectivity index (χ2v) is 4.22. The molecule has 1 N–H and O–H groups in total. The molecule has 0 bridgehead atoms. The summed E-state index contributed by atoms with van der Waals surface area (Å²) in [5.41, 5.74) is 0.927. The predicted molar refractivity (Wildman–Crippen MR) is 76.8 cm³/mol. The third-order valence-corrected chi connectivity index (χ3v) is 2.94. The Balaban J connectivity index is 2.44. The quantitative estimate of drug-likeness (QED) is 0.657. The zero-order chi connectivity index (χ0) is 15.4. The topological polar surface area (TPSA) is 99.3 Å². The van der Waals surface area contributed by atoms with Gasteiger partial charge in [-0.25, -0.2) is 4.68 Å². The minimum absolute atomic E-state index is 0.0417. The van der Waals surface area contributed by atoms with Gasteiger partial charge >= 0.3 is 0 Å². The molecule has 110 valence electrons. The van der Waals surface area contributed by atoms with Crippen molar-refractivity contribution in [2.45, 2.75) is 6.54 Å². The van der Waals surface area contributed by atoms with Crippen molar-refractivity contribution in [2.75, 3.05) is 19.5 Å². The van der Waals surface area contributed by atoms with Gasteiger partial charge in [0, 0.05) is 42.6 Å². The van der Waals surface area contributed by atoms with Crippen LogP contribution in [-0.2, 0) is 6.54 Å². The molecule has 2 rings (SSSR count). The summed E-state index contributed by atoms with van der Waals surface area (Å²) < 4.78 is 6.16. The standard InChI is InChI=1S/C13H14N4O4/c1-14-11-4-3-10(17(19)20)7-9(11)8-16-13(18)6-5-12(15-16)21-2/h3-7,14H,8H2,1-2H3. The number of nitro benzene ring substituents is 1. The van der Waals surface area contributed by atoms with Crippen LogP contribution in [0.5, 0.6) is 5.88 Å². The molecule has 8 heteroatoms. The Morgan fingerprint density at radius 3 is 2.76 bits per heavy atom. The lowest BCUT2D eigenvalue weighted by atomic mass is 10.1. The van der Waals surface area contributed by atoms with Gasteiger partial charge in [0.25, 0.3) is 11.2 Å². The van der Waals surface area contributed by atoms with Crippen molar-refractivity contribution >= 4 is 11.4 Å². The van der Waals surface area contributed by atoms with E-state index < -0.39 is 4.92 Å². The van der Waals surface area contributed by atoms with Crippen LogP contribution in [0.2, 0.25) is 0 Å². The van der Waals surface area contributed by atoms with Crippen molar-refractivity contribution in [3.05, 3.63) is 56.4 Å². The highest BCUT2D eigenvalue weighted by Gasteiger charge is 2.12. The van der Waals surface area contributed by atoms with Gasteiger partial charge in [-0.15, -0.1) is 5.10 Å². The first-order valence-corrected chi connectivity index (χ1v) is 6.12. The zero-order valence-corrected chi connectivity index (χ0v) is 11.6. The lowest BCUT2D eigenvalue weighted by molar-refractivity contribution is -0.384. The van der Waals surface area contributed by atoms with Crippen LogP contribution in [0.1, 0.15) is 5.56 Å². The third-order valence-electron chi connectivity index (χ3n) is 2.94. The molecule has 0 saturated carbocycles. The third kappa shape index (κ3) is 3.16. The molecule has 21 heavy (non-hydrogen) atoms. The number of rotatable bonds is 5. The number of anilines is 1. The van der Waals surface area contributed by atoms with Crippen molar-refractivity contribution in [3.8, 4) is 5.88 Å². The number of nitro groups is 1. The summed E-state index contributed by atoms with van der Waals surface area (Å²) in [5.74, 6) is 0.297. The predicted octanol–water partition coefficient (Wildman–Crippen LogP) is 1.25. The van der Waals surface area contributed by atoms with Crippen molar-refractivity contribution in [3.63, 3.8) is 0 Å². The Kier molecular flexibility index (Phi) is 4.17. The van der Waals surface area contributed by atoms with Crippen LogP contribution in [0, 0.1) is 10.1 Å². The Morgan fingerprint density at radius 2 is 2.14 bits per heavy atom. The Labute approximate surface area is 120 Å². The van der Waals surface area contributed by atoms with Crippen LogP contribution in [0.4, 0.5) is 11.4 Å². The smallest absolute Gasteiger partial charge is 0.269 e. The van der Waals surface area contributed by atoms with E-state index in [9.17, 15) is 14.9 Å². The second kappa shape index (κ2) is 6.04. The normalized spacial score (nSPS) is 10.2. The summed E-state index contributed by atoms with van der Waals surface area (Å²) in [6.07, 6.45) is 0. The number of hydrogen-bond acceptors (Lipinski definition) is 6. The number of methoxy groups -OCH3 is 1. The van der Waals surface area contributed by atoms with E-state index in [1.807, 2.05) is 0 Å². The van der Waals surface area contributed by atoms with Crippen LogP contribution in [0.3, 0.4) is 0 Å². The highest BCUT2D eigenvalue weighted by atomic mass is 16.6. The Bertz CT molecular complexity index is 726. The molecule has 0 fully saturated rings. The van der Waals surface area contributed by atoms with Crippen LogP contribution in [0.25, 0.3) is 0 Å². The fourth-order valence-corrected chi connectivity index (χ4v) is 1.88. The molecule has 8 nitrogen and oxygen atoms in total. The monoisotopic (exact) mass is 290 g/mol. The summed E-state index contributed by atoms with van der Waals surface area (Å²) in [5, 5.41) is 17.8. The van der Waals surface area contributed by atoms with Gasteiger partial charge in [-0.05, 0) is 6.07 Å². The van der Waals surface area contributed by atoms with Crippen molar-refractivity contribution < 1.29 is 9.66 Å². The average molecular weight is 290 g/mol. The lowest BCUT2D eigenvalue weighted by Crippen LogP contribution is -2.23. The molecule has 1 aromatic heterocycles. The van der Waals surface area contributed by atoms with E-state index in [2.05, 4.69) is 10.4 Å². The van der Waals surface area contributed by atoms with Crippen molar-refractivity contribution in [1.29, 1.82) is 0 Å². The first-order valence-electron chi connectivity index (χ1n) is 6.12. The van der Waals surface area contributed by atoms with Gasteiger partial charge in [0.2, 0.25) is 5.88 Å². The molecule has 0 atom stereocenters. The summed E-state index contributed by atoms with van der Waals surface area (Å²) in [4.78, 5) is 22.2. The van der Waals surface area contributed by atoms with Gasteiger partial charge in [-0.1, -0.05) is 0 Å². The SMILES string of the molecule is CNc1ccc([N+](=O)[O-])cc1Cn1nc(OC)ccc1=O. The fraction of sp³-hybridized carbons (Fsp3) is 0.231. The highest BCUT2D eigenvalue weighted by molar-refractivity contribution is 5.55. The molecular formula is C13H14N4O4. The summed E-state index contributed by atoms with van der Waals surface area (Å²) in [7, 11) is 3.15. The number of nitrogens with one attached hydrogen (secondary N) is 1. The number of nitrogens with zero attached hydrogens (tertiary/aromatic N) is 3. The fourth-order valence-electron chi connectivity index (χ4n) is 1.88.